The molecule has 0 saturated carbocycles. The predicted molar refractivity (Wildman–Crippen MR) is 131 cm³/mol. The zero-order valence-electron chi connectivity index (χ0n) is 20.3. The maximum Gasteiger partial charge on any atom is 0.383 e. The third kappa shape index (κ3) is 8.95. The molecule has 0 bridgehead atoms. The first-order valence-corrected chi connectivity index (χ1v) is 12.3. The maximum absolute atomic E-state index is 12.6. The molecule has 0 aliphatic carbocycles. The fourth-order valence-electron chi connectivity index (χ4n) is 3.57. The quantitative estimate of drug-likeness (QED) is 0.117. The first-order chi connectivity index (χ1) is 16.1. The smallest absolute Gasteiger partial charge is 0.383 e. The highest BCUT2D eigenvalue weighted by Gasteiger charge is 2.21. The van der Waals surface area contributed by atoms with Crippen LogP contribution in [-0.4, -0.2) is 19.2 Å². The molecule has 0 unspecified atom stereocenters. The molecular formula is C27H38O6. The minimum absolute atomic E-state index is 0.207. The number of para-hydroxylation sites is 1. The van der Waals surface area contributed by atoms with Gasteiger partial charge in [-0.15, -0.1) is 0 Å². The van der Waals surface area contributed by atoms with E-state index in [0.29, 0.717) is 36.4 Å². The van der Waals surface area contributed by atoms with E-state index in [4.69, 9.17) is 18.6 Å². The predicted octanol–water partition coefficient (Wildman–Crippen LogP) is 6.97. The van der Waals surface area contributed by atoms with Gasteiger partial charge < -0.3 is 18.6 Å². The molecule has 0 atom stereocenters. The first-order valence-electron chi connectivity index (χ1n) is 12.3. The van der Waals surface area contributed by atoms with Crippen LogP contribution in [0.3, 0.4) is 0 Å². The Kier molecular flexibility index (Phi) is 12.2. The van der Waals surface area contributed by atoms with Gasteiger partial charge in [0.05, 0.1) is 18.6 Å². The lowest BCUT2D eigenvalue weighted by atomic mass is 10.1. The molecule has 0 amide bonds. The summed E-state index contributed by atoms with van der Waals surface area (Å²) in [5.74, 6) is -0.148. The lowest BCUT2D eigenvalue weighted by molar-refractivity contribution is -0.132. The lowest BCUT2D eigenvalue weighted by Crippen LogP contribution is -2.14. The van der Waals surface area contributed by atoms with Gasteiger partial charge in [-0.1, -0.05) is 77.0 Å². The van der Waals surface area contributed by atoms with Crippen molar-refractivity contribution < 1.29 is 23.4 Å². The summed E-state index contributed by atoms with van der Waals surface area (Å²) >= 11 is 0. The second kappa shape index (κ2) is 15.1. The molecule has 0 fully saturated rings. The van der Waals surface area contributed by atoms with Gasteiger partial charge in [0.1, 0.15) is 0 Å². The van der Waals surface area contributed by atoms with E-state index in [1.165, 1.54) is 45.4 Å². The molecule has 2 aromatic rings. The molecule has 1 heterocycles. The summed E-state index contributed by atoms with van der Waals surface area (Å²) in [5, 5.41) is 0.541. The van der Waals surface area contributed by atoms with Crippen LogP contribution in [0.25, 0.3) is 11.0 Å². The van der Waals surface area contributed by atoms with Crippen molar-refractivity contribution in [3.05, 3.63) is 40.8 Å². The Morgan fingerprint density at radius 1 is 0.909 bits per heavy atom. The molecule has 1 aromatic heterocycles. The average molecular weight is 459 g/mol. The van der Waals surface area contributed by atoms with Crippen molar-refractivity contribution in [1.29, 1.82) is 0 Å². The van der Waals surface area contributed by atoms with Crippen molar-refractivity contribution in [2.75, 3.05) is 13.2 Å². The molecule has 182 valence electrons. The van der Waals surface area contributed by atoms with Gasteiger partial charge in [0.25, 0.3) is 5.75 Å². The Hall–Kier alpha value is -2.76. The third-order valence-electron chi connectivity index (χ3n) is 5.24. The number of rotatable bonds is 16. The number of esters is 1. The average Bonchev–Trinajstić information content (AvgIpc) is 2.79. The number of carbonyl (C=O) groups is 1. The Morgan fingerprint density at radius 2 is 1.64 bits per heavy atom. The minimum atomic E-state index is -0.764. The van der Waals surface area contributed by atoms with Gasteiger partial charge >= 0.3 is 11.6 Å². The molecule has 1 aromatic carbocycles. The van der Waals surface area contributed by atoms with Crippen LogP contribution in [-0.2, 0) is 4.79 Å². The Labute approximate surface area is 196 Å². The molecule has 2 rings (SSSR count). The van der Waals surface area contributed by atoms with Gasteiger partial charge in [-0.05, 0) is 31.4 Å². The summed E-state index contributed by atoms with van der Waals surface area (Å²) in [5.41, 5.74) is -0.461. The first kappa shape index (κ1) is 26.5. The number of fused-ring (bicyclic) bond motifs is 1. The van der Waals surface area contributed by atoms with Crippen LogP contribution in [0.2, 0.25) is 0 Å². The fraction of sp³-hybridized carbons (Fsp3) is 0.556. The Balaban J connectivity index is 2.10. The molecule has 0 N–H and O–H groups in total. The van der Waals surface area contributed by atoms with Crippen LogP contribution in [0.5, 0.6) is 17.2 Å². The summed E-state index contributed by atoms with van der Waals surface area (Å²) in [6.45, 7) is 6.40. The van der Waals surface area contributed by atoms with Crippen molar-refractivity contribution in [1.82, 2.24) is 0 Å². The highest BCUT2D eigenvalue weighted by atomic mass is 16.6. The molecule has 33 heavy (non-hydrogen) atoms. The fourth-order valence-corrected chi connectivity index (χ4v) is 3.57. The summed E-state index contributed by atoms with van der Waals surface area (Å²) in [6, 6.07) is 5.35. The Bertz CT molecular complexity index is 944. The molecule has 0 radical (unpaired) electrons. The Morgan fingerprint density at radius 3 is 2.33 bits per heavy atom. The number of allylic oxidation sites excluding steroid dienone is 1. The van der Waals surface area contributed by atoms with Crippen molar-refractivity contribution >= 4 is 16.9 Å². The number of hydrogen-bond donors (Lipinski definition) is 0. The van der Waals surface area contributed by atoms with Gasteiger partial charge in [-0.2, -0.15) is 0 Å². The molecule has 0 aliphatic rings. The van der Waals surface area contributed by atoms with E-state index < -0.39 is 11.6 Å². The van der Waals surface area contributed by atoms with E-state index in [0.717, 1.165) is 19.3 Å². The monoisotopic (exact) mass is 458 g/mol. The van der Waals surface area contributed by atoms with Crippen LogP contribution in [0, 0.1) is 0 Å². The topological polar surface area (TPSA) is 75.0 Å². The summed E-state index contributed by atoms with van der Waals surface area (Å²) in [6.07, 6.45) is 15.4. The maximum atomic E-state index is 12.6. The lowest BCUT2D eigenvalue weighted by Gasteiger charge is -2.14. The number of carbonyl (C=O) groups excluding carboxylic acids is 1. The highest BCUT2D eigenvalue weighted by Crippen LogP contribution is 2.37. The van der Waals surface area contributed by atoms with Crippen LogP contribution in [0.15, 0.2) is 39.6 Å². The molecule has 0 aliphatic heterocycles. The summed E-state index contributed by atoms with van der Waals surface area (Å²) < 4.78 is 22.5. The van der Waals surface area contributed by atoms with E-state index >= 15 is 0 Å². The molecule has 0 spiro atoms. The van der Waals surface area contributed by atoms with Crippen LogP contribution >= 0.6 is 0 Å². The second-order valence-electron chi connectivity index (χ2n) is 8.11. The molecular weight excluding hydrogens is 420 g/mol. The van der Waals surface area contributed by atoms with Gasteiger partial charge in [-0.25, -0.2) is 4.79 Å². The standard InChI is InChI=1S/C27H38O6/c1-4-6-8-10-11-12-13-15-19-30-23-18-16-17-22-24(23)33-27(29)26(32-21(3)28)25(22)31-20-14-9-7-5-2/h7,9,16-18H,4-6,8,10-15,19-20H2,1-3H3. The molecule has 6 heteroatoms. The van der Waals surface area contributed by atoms with E-state index in [1.54, 1.807) is 12.1 Å². The number of ether oxygens (including phenoxy) is 3. The minimum Gasteiger partial charge on any atom is -0.490 e. The van der Waals surface area contributed by atoms with E-state index in [9.17, 15) is 9.59 Å². The SMILES string of the molecule is CCC=CCCOc1c(OC(C)=O)c(=O)oc2c(OCCCCCCCCCC)cccc12. The van der Waals surface area contributed by atoms with E-state index in [-0.39, 0.29) is 11.5 Å². The van der Waals surface area contributed by atoms with Crippen LogP contribution in [0.1, 0.15) is 85.0 Å². The van der Waals surface area contributed by atoms with Gasteiger partial charge in [0.2, 0.25) is 0 Å². The molecule has 6 nitrogen and oxygen atoms in total. The number of benzene rings is 1. The van der Waals surface area contributed by atoms with Crippen molar-refractivity contribution in [2.45, 2.75) is 85.0 Å². The number of hydrogen-bond acceptors (Lipinski definition) is 6. The van der Waals surface area contributed by atoms with Gasteiger partial charge in [0.15, 0.2) is 17.1 Å². The zero-order valence-corrected chi connectivity index (χ0v) is 20.3. The summed E-state index contributed by atoms with van der Waals surface area (Å²) in [7, 11) is 0. The van der Waals surface area contributed by atoms with Crippen LogP contribution in [0.4, 0.5) is 0 Å². The second-order valence-corrected chi connectivity index (χ2v) is 8.11. The summed E-state index contributed by atoms with van der Waals surface area (Å²) in [4.78, 5) is 24.1. The zero-order chi connectivity index (χ0) is 23.9. The van der Waals surface area contributed by atoms with Gasteiger partial charge in [0, 0.05) is 6.92 Å². The van der Waals surface area contributed by atoms with Crippen molar-refractivity contribution in [3.63, 3.8) is 0 Å². The van der Waals surface area contributed by atoms with Crippen molar-refractivity contribution in [3.8, 4) is 17.2 Å². The molecule has 0 saturated heterocycles. The highest BCUT2D eigenvalue weighted by molar-refractivity contribution is 5.90. The van der Waals surface area contributed by atoms with Crippen molar-refractivity contribution in [2.24, 2.45) is 0 Å². The third-order valence-corrected chi connectivity index (χ3v) is 5.24. The number of unbranched alkanes of at least 4 members (excludes halogenated alkanes) is 7. The largest absolute Gasteiger partial charge is 0.490 e. The van der Waals surface area contributed by atoms with Crippen LogP contribution < -0.4 is 19.8 Å². The van der Waals surface area contributed by atoms with Gasteiger partial charge in [-0.3, -0.25) is 4.79 Å². The van der Waals surface area contributed by atoms with E-state index in [1.807, 2.05) is 18.2 Å². The normalized spacial score (nSPS) is 11.2. The van der Waals surface area contributed by atoms with E-state index in [2.05, 4.69) is 13.8 Å².